The van der Waals surface area contributed by atoms with E-state index in [1.54, 1.807) is 0 Å². The molecular formula is C15H23N3. The van der Waals surface area contributed by atoms with Crippen LogP contribution in [0.3, 0.4) is 0 Å². The van der Waals surface area contributed by atoms with Crippen LogP contribution in [0.25, 0.3) is 0 Å². The zero-order valence-corrected chi connectivity index (χ0v) is 11.1. The number of hydrogen-bond acceptors (Lipinski definition) is 2. The van der Waals surface area contributed by atoms with Crippen LogP contribution in [0.4, 0.5) is 5.82 Å². The summed E-state index contributed by atoms with van der Waals surface area (Å²) in [5.74, 6) is 3.73. The molecule has 0 unspecified atom stereocenters. The third-order valence-corrected chi connectivity index (χ3v) is 5.13. The van der Waals surface area contributed by atoms with Gasteiger partial charge in [-0.15, -0.1) is 0 Å². The zero-order valence-electron chi connectivity index (χ0n) is 11.1. The summed E-state index contributed by atoms with van der Waals surface area (Å²) in [4.78, 5) is 5.01. The van der Waals surface area contributed by atoms with E-state index in [0.29, 0.717) is 17.9 Å². The summed E-state index contributed by atoms with van der Waals surface area (Å²) < 4.78 is 2.42. The Hall–Kier alpha value is -0.990. The van der Waals surface area contributed by atoms with Crippen molar-refractivity contribution >= 4 is 5.82 Å². The van der Waals surface area contributed by atoms with Crippen molar-refractivity contribution in [2.75, 3.05) is 5.73 Å². The van der Waals surface area contributed by atoms with Crippen molar-refractivity contribution in [3.05, 3.63) is 11.5 Å². The molecule has 3 fully saturated rings. The summed E-state index contributed by atoms with van der Waals surface area (Å²) in [5.41, 5.74) is 7.67. The summed E-state index contributed by atoms with van der Waals surface area (Å²) >= 11 is 0. The van der Waals surface area contributed by atoms with Gasteiger partial charge in [0, 0.05) is 17.9 Å². The van der Waals surface area contributed by atoms with Gasteiger partial charge in [-0.2, -0.15) is 0 Å². The summed E-state index contributed by atoms with van der Waals surface area (Å²) in [6.45, 7) is 0. The molecule has 0 atom stereocenters. The molecule has 0 amide bonds. The predicted octanol–water partition coefficient (Wildman–Crippen LogP) is 3.73. The molecule has 0 radical (unpaired) electrons. The Morgan fingerprint density at radius 1 is 0.889 bits per heavy atom. The van der Waals surface area contributed by atoms with Gasteiger partial charge in [-0.1, -0.05) is 19.3 Å². The Morgan fingerprint density at radius 2 is 1.56 bits per heavy atom. The van der Waals surface area contributed by atoms with Crippen molar-refractivity contribution < 1.29 is 0 Å². The van der Waals surface area contributed by atoms with Crippen LogP contribution >= 0.6 is 0 Å². The number of hydrogen-bond donors (Lipinski definition) is 1. The Kier molecular flexibility index (Phi) is 2.42. The first-order valence-electron chi connectivity index (χ1n) is 7.72. The lowest BCUT2D eigenvalue weighted by Gasteiger charge is -2.24. The number of anilines is 1. The Morgan fingerprint density at radius 3 is 2.11 bits per heavy atom. The van der Waals surface area contributed by atoms with Crippen LogP contribution in [0.15, 0.2) is 0 Å². The predicted molar refractivity (Wildman–Crippen MR) is 72.7 cm³/mol. The van der Waals surface area contributed by atoms with Crippen LogP contribution in [0.5, 0.6) is 0 Å². The maximum Gasteiger partial charge on any atom is 0.127 e. The first kappa shape index (κ1) is 10.9. The first-order valence-corrected chi connectivity index (χ1v) is 7.72. The molecule has 1 heterocycles. The summed E-state index contributed by atoms with van der Waals surface area (Å²) in [6.07, 6.45) is 12.0. The van der Waals surface area contributed by atoms with Crippen LogP contribution in [-0.2, 0) is 0 Å². The molecule has 98 valence electrons. The minimum absolute atomic E-state index is 0.671. The van der Waals surface area contributed by atoms with Gasteiger partial charge in [-0.05, 0) is 38.5 Å². The number of rotatable bonds is 3. The smallest absolute Gasteiger partial charge is 0.127 e. The Labute approximate surface area is 109 Å². The molecule has 0 saturated heterocycles. The van der Waals surface area contributed by atoms with Gasteiger partial charge in [0.25, 0.3) is 0 Å². The van der Waals surface area contributed by atoms with E-state index in [-0.39, 0.29) is 0 Å². The second-order valence-corrected chi connectivity index (χ2v) is 6.45. The molecule has 0 spiro atoms. The summed E-state index contributed by atoms with van der Waals surface area (Å²) in [6, 6.07) is 0.682. The second kappa shape index (κ2) is 4.01. The number of nitrogens with zero attached hydrogens (tertiary/aromatic N) is 2. The van der Waals surface area contributed by atoms with Gasteiger partial charge in [0.15, 0.2) is 0 Å². The molecule has 3 saturated carbocycles. The van der Waals surface area contributed by atoms with Crippen molar-refractivity contribution in [2.45, 2.75) is 75.7 Å². The van der Waals surface area contributed by atoms with E-state index in [9.17, 15) is 0 Å². The van der Waals surface area contributed by atoms with Gasteiger partial charge < -0.3 is 10.3 Å². The highest BCUT2D eigenvalue weighted by atomic mass is 15.2. The van der Waals surface area contributed by atoms with E-state index in [4.69, 9.17) is 10.7 Å². The molecule has 3 aliphatic carbocycles. The van der Waals surface area contributed by atoms with Crippen molar-refractivity contribution in [3.63, 3.8) is 0 Å². The number of aromatic nitrogens is 2. The lowest BCUT2D eigenvalue weighted by Crippen LogP contribution is -2.12. The second-order valence-electron chi connectivity index (χ2n) is 6.45. The van der Waals surface area contributed by atoms with E-state index in [0.717, 1.165) is 5.82 Å². The summed E-state index contributed by atoms with van der Waals surface area (Å²) in [7, 11) is 0. The summed E-state index contributed by atoms with van der Waals surface area (Å²) in [5, 5.41) is 0. The molecule has 4 rings (SSSR count). The highest BCUT2D eigenvalue weighted by molar-refractivity contribution is 5.43. The molecule has 1 aromatic heterocycles. The Bertz CT molecular complexity index is 449. The van der Waals surface area contributed by atoms with Gasteiger partial charge in [-0.3, -0.25) is 0 Å². The lowest BCUT2D eigenvalue weighted by molar-refractivity contribution is 0.412. The molecule has 0 aliphatic heterocycles. The highest BCUT2D eigenvalue weighted by Gasteiger charge is 2.35. The van der Waals surface area contributed by atoms with Crippen LogP contribution < -0.4 is 5.73 Å². The minimum atomic E-state index is 0.671. The van der Waals surface area contributed by atoms with Crippen LogP contribution in [0, 0.1) is 0 Å². The normalized spacial score (nSPS) is 25.6. The fraction of sp³-hybridized carbons (Fsp3) is 0.800. The Balaban J connectivity index is 1.74. The van der Waals surface area contributed by atoms with E-state index >= 15 is 0 Å². The van der Waals surface area contributed by atoms with Crippen LogP contribution in [0.2, 0.25) is 0 Å². The molecule has 3 heteroatoms. The highest BCUT2D eigenvalue weighted by Crippen LogP contribution is 2.47. The maximum absolute atomic E-state index is 6.42. The van der Waals surface area contributed by atoms with E-state index in [1.807, 2.05) is 0 Å². The monoisotopic (exact) mass is 245 g/mol. The standard InChI is InChI=1S/C15H23N3/c16-14-13(10-6-3-7-10)17-15(11-4-1-2-5-11)18(14)12-8-9-12/h10-12H,1-9,16H2. The van der Waals surface area contributed by atoms with Crippen LogP contribution in [-0.4, -0.2) is 9.55 Å². The molecule has 2 N–H and O–H groups in total. The minimum Gasteiger partial charge on any atom is -0.384 e. The molecule has 18 heavy (non-hydrogen) atoms. The van der Waals surface area contributed by atoms with Crippen LogP contribution in [0.1, 0.15) is 87.2 Å². The number of nitrogens with two attached hydrogens (primary N) is 1. The molecule has 1 aromatic rings. The quantitative estimate of drug-likeness (QED) is 0.882. The van der Waals surface area contributed by atoms with Crippen molar-refractivity contribution in [2.24, 2.45) is 0 Å². The van der Waals surface area contributed by atoms with Crippen molar-refractivity contribution in [1.82, 2.24) is 9.55 Å². The zero-order chi connectivity index (χ0) is 12.1. The molecule has 3 nitrogen and oxygen atoms in total. The average Bonchev–Trinajstić information content (AvgIpc) is 2.87. The topological polar surface area (TPSA) is 43.8 Å². The van der Waals surface area contributed by atoms with E-state index in [1.165, 1.54) is 69.3 Å². The third kappa shape index (κ3) is 1.59. The molecule has 0 aromatic carbocycles. The first-order chi connectivity index (χ1) is 8.84. The fourth-order valence-electron chi connectivity index (χ4n) is 3.65. The van der Waals surface area contributed by atoms with E-state index in [2.05, 4.69) is 4.57 Å². The number of imidazole rings is 1. The lowest BCUT2D eigenvalue weighted by atomic mass is 9.83. The van der Waals surface area contributed by atoms with Gasteiger partial charge in [0.2, 0.25) is 0 Å². The van der Waals surface area contributed by atoms with Gasteiger partial charge in [0.05, 0.1) is 5.69 Å². The third-order valence-electron chi connectivity index (χ3n) is 5.13. The SMILES string of the molecule is Nc1c(C2CCC2)nc(C2CCCC2)n1C1CC1. The van der Waals surface area contributed by atoms with Crippen molar-refractivity contribution in [1.29, 1.82) is 0 Å². The molecule has 3 aliphatic rings. The molecule has 0 bridgehead atoms. The van der Waals surface area contributed by atoms with Gasteiger partial charge >= 0.3 is 0 Å². The van der Waals surface area contributed by atoms with Gasteiger partial charge in [-0.25, -0.2) is 4.98 Å². The van der Waals surface area contributed by atoms with Crippen molar-refractivity contribution in [3.8, 4) is 0 Å². The van der Waals surface area contributed by atoms with Gasteiger partial charge in [0.1, 0.15) is 11.6 Å². The fourth-order valence-corrected chi connectivity index (χ4v) is 3.65. The van der Waals surface area contributed by atoms with E-state index < -0.39 is 0 Å². The molecular weight excluding hydrogens is 222 g/mol. The average molecular weight is 245 g/mol. The maximum atomic E-state index is 6.42. The number of nitrogen functional groups attached to an aromatic ring is 1. The largest absolute Gasteiger partial charge is 0.384 e.